The van der Waals surface area contributed by atoms with Gasteiger partial charge in [-0.15, -0.1) is 0 Å². The van der Waals surface area contributed by atoms with Gasteiger partial charge in [0.15, 0.2) is 0 Å². The number of hydrogen-bond acceptors (Lipinski definition) is 4. The van der Waals surface area contributed by atoms with E-state index in [1.807, 2.05) is 36.7 Å². The second-order valence-corrected chi connectivity index (χ2v) is 7.97. The average Bonchev–Trinajstić information content (AvgIpc) is 3.02. The number of aromatic nitrogens is 2. The summed E-state index contributed by atoms with van der Waals surface area (Å²) < 4.78 is 27.3. The molecule has 8 heteroatoms. The van der Waals surface area contributed by atoms with Crippen LogP contribution >= 0.6 is 0 Å². The molecule has 7 nitrogen and oxygen atoms in total. The predicted molar refractivity (Wildman–Crippen MR) is 98.0 cm³/mol. The minimum absolute atomic E-state index is 0.228. The third-order valence-electron chi connectivity index (χ3n) is 3.78. The van der Waals surface area contributed by atoms with Gasteiger partial charge in [-0.2, -0.15) is 0 Å². The molecule has 0 unspecified atom stereocenters. The summed E-state index contributed by atoms with van der Waals surface area (Å²) in [5, 5.41) is 2.77. The van der Waals surface area contributed by atoms with E-state index in [1.54, 1.807) is 18.6 Å². The monoisotopic (exact) mass is 364 g/mol. The van der Waals surface area contributed by atoms with Crippen LogP contribution in [0.1, 0.15) is 17.5 Å². The van der Waals surface area contributed by atoms with E-state index in [1.165, 1.54) is 0 Å². The van der Waals surface area contributed by atoms with Crippen LogP contribution in [0.25, 0.3) is 0 Å². The van der Waals surface area contributed by atoms with Crippen molar-refractivity contribution in [3.05, 3.63) is 48.0 Å². The molecule has 1 aromatic heterocycles. The maximum absolute atomic E-state index is 12.2. The van der Waals surface area contributed by atoms with Crippen LogP contribution in [0.4, 0.5) is 5.69 Å². The summed E-state index contributed by atoms with van der Waals surface area (Å²) in [4.78, 5) is 16.1. The topological polar surface area (TPSA) is 84.3 Å². The number of carbonyl (C=O) groups excluding carboxylic acids is 1. The third kappa shape index (κ3) is 5.60. The zero-order chi connectivity index (χ0) is 18.4. The second-order valence-electron chi connectivity index (χ2n) is 6.06. The smallest absolute Gasteiger partial charge is 0.240 e. The van der Waals surface area contributed by atoms with E-state index in [4.69, 9.17) is 0 Å². The van der Waals surface area contributed by atoms with Gasteiger partial charge in [-0.05, 0) is 31.9 Å². The SMILES string of the molecule is Cc1ccc(N(CC(=O)NCCCn2ccnc2)S(C)(=O)=O)c(C)c1. The van der Waals surface area contributed by atoms with Gasteiger partial charge in [-0.3, -0.25) is 9.10 Å². The Morgan fingerprint density at radius 3 is 2.68 bits per heavy atom. The molecular formula is C17H24N4O3S. The molecule has 0 aliphatic heterocycles. The number of carbonyl (C=O) groups is 1. The Kier molecular flexibility index (Phi) is 6.19. The van der Waals surface area contributed by atoms with Gasteiger partial charge >= 0.3 is 0 Å². The molecular weight excluding hydrogens is 340 g/mol. The lowest BCUT2D eigenvalue weighted by Crippen LogP contribution is -2.41. The molecule has 136 valence electrons. The van der Waals surface area contributed by atoms with Crippen molar-refractivity contribution in [2.24, 2.45) is 0 Å². The molecule has 0 aliphatic rings. The van der Waals surface area contributed by atoms with Crippen molar-refractivity contribution in [1.29, 1.82) is 0 Å². The number of nitrogens with one attached hydrogen (secondary N) is 1. The quantitative estimate of drug-likeness (QED) is 0.719. The molecule has 0 saturated heterocycles. The van der Waals surface area contributed by atoms with Crippen molar-refractivity contribution in [1.82, 2.24) is 14.9 Å². The summed E-state index contributed by atoms with van der Waals surface area (Å²) in [6, 6.07) is 5.47. The molecule has 0 spiro atoms. The van der Waals surface area contributed by atoms with Crippen LogP contribution in [-0.2, 0) is 21.4 Å². The van der Waals surface area contributed by atoms with E-state index >= 15 is 0 Å². The van der Waals surface area contributed by atoms with Gasteiger partial charge in [-0.25, -0.2) is 13.4 Å². The molecule has 1 amide bonds. The lowest BCUT2D eigenvalue weighted by molar-refractivity contribution is -0.119. The first-order valence-electron chi connectivity index (χ1n) is 8.05. The Bertz CT molecular complexity index is 816. The number of amides is 1. The number of benzene rings is 1. The van der Waals surface area contributed by atoms with E-state index in [0.29, 0.717) is 12.2 Å². The van der Waals surface area contributed by atoms with Crippen molar-refractivity contribution < 1.29 is 13.2 Å². The second kappa shape index (κ2) is 8.15. The van der Waals surface area contributed by atoms with E-state index < -0.39 is 10.0 Å². The van der Waals surface area contributed by atoms with E-state index in [-0.39, 0.29) is 12.5 Å². The van der Waals surface area contributed by atoms with Crippen LogP contribution in [0.3, 0.4) is 0 Å². The van der Waals surface area contributed by atoms with Crippen molar-refractivity contribution in [3.63, 3.8) is 0 Å². The van der Waals surface area contributed by atoms with E-state index in [9.17, 15) is 13.2 Å². The largest absolute Gasteiger partial charge is 0.354 e. The van der Waals surface area contributed by atoms with Crippen LogP contribution in [0.5, 0.6) is 0 Å². The fraction of sp³-hybridized carbons (Fsp3) is 0.412. The summed E-state index contributed by atoms with van der Waals surface area (Å²) in [5.41, 5.74) is 2.39. The number of imidazole rings is 1. The van der Waals surface area contributed by atoms with Crippen LogP contribution in [0.2, 0.25) is 0 Å². The number of sulfonamides is 1. The standard InChI is InChI=1S/C17H24N4O3S/c1-14-5-6-16(15(2)11-14)21(25(3,23)24)12-17(22)19-7-4-9-20-10-8-18-13-20/h5-6,8,10-11,13H,4,7,9,12H2,1-3H3,(H,19,22). The minimum atomic E-state index is -3.55. The van der Waals surface area contributed by atoms with Crippen LogP contribution in [0, 0.1) is 13.8 Å². The minimum Gasteiger partial charge on any atom is -0.354 e. The van der Waals surface area contributed by atoms with Gasteiger partial charge in [-0.1, -0.05) is 17.7 Å². The highest BCUT2D eigenvalue weighted by atomic mass is 32.2. The van der Waals surface area contributed by atoms with Crippen LogP contribution < -0.4 is 9.62 Å². The Morgan fingerprint density at radius 1 is 1.32 bits per heavy atom. The summed E-state index contributed by atoms with van der Waals surface area (Å²) in [6.45, 7) is 4.76. The third-order valence-corrected chi connectivity index (χ3v) is 4.91. The van der Waals surface area contributed by atoms with Crippen molar-refractivity contribution in [2.45, 2.75) is 26.8 Å². The van der Waals surface area contributed by atoms with Crippen LogP contribution in [-0.4, -0.2) is 43.2 Å². The Hall–Kier alpha value is -2.35. The fourth-order valence-electron chi connectivity index (χ4n) is 2.56. The first-order chi connectivity index (χ1) is 11.8. The number of aryl methyl sites for hydroxylation is 3. The Labute approximate surface area is 148 Å². The molecule has 0 bridgehead atoms. The Balaban J connectivity index is 1.96. The predicted octanol–water partition coefficient (Wildman–Crippen LogP) is 1.47. The molecule has 0 saturated carbocycles. The molecule has 25 heavy (non-hydrogen) atoms. The molecule has 0 aliphatic carbocycles. The van der Waals surface area contributed by atoms with Gasteiger partial charge in [0.2, 0.25) is 15.9 Å². The lowest BCUT2D eigenvalue weighted by atomic mass is 10.1. The van der Waals surface area contributed by atoms with Gasteiger partial charge in [0.1, 0.15) is 6.54 Å². The van der Waals surface area contributed by atoms with Gasteiger partial charge in [0.25, 0.3) is 0 Å². The van der Waals surface area contributed by atoms with Gasteiger partial charge in [0, 0.05) is 25.5 Å². The summed E-state index contributed by atoms with van der Waals surface area (Å²) in [7, 11) is -3.55. The van der Waals surface area contributed by atoms with Crippen LogP contribution in [0.15, 0.2) is 36.9 Å². The zero-order valence-electron chi connectivity index (χ0n) is 14.8. The summed E-state index contributed by atoms with van der Waals surface area (Å²) in [5.74, 6) is -0.323. The number of nitrogens with zero attached hydrogens (tertiary/aromatic N) is 3. The van der Waals surface area contributed by atoms with E-state index in [0.717, 1.165) is 34.7 Å². The highest BCUT2D eigenvalue weighted by molar-refractivity contribution is 7.92. The maximum Gasteiger partial charge on any atom is 0.240 e. The van der Waals surface area contributed by atoms with Crippen molar-refractivity contribution in [2.75, 3.05) is 23.7 Å². The Morgan fingerprint density at radius 2 is 2.08 bits per heavy atom. The first kappa shape index (κ1) is 19.0. The van der Waals surface area contributed by atoms with Crippen molar-refractivity contribution in [3.8, 4) is 0 Å². The molecule has 1 aromatic carbocycles. The fourth-order valence-corrected chi connectivity index (χ4v) is 3.47. The molecule has 1 N–H and O–H groups in total. The average molecular weight is 364 g/mol. The zero-order valence-corrected chi connectivity index (χ0v) is 15.6. The number of rotatable bonds is 8. The molecule has 0 atom stereocenters. The molecule has 1 heterocycles. The van der Waals surface area contributed by atoms with Gasteiger partial charge in [0.05, 0.1) is 18.3 Å². The highest BCUT2D eigenvalue weighted by Gasteiger charge is 2.22. The number of hydrogen-bond donors (Lipinski definition) is 1. The van der Waals surface area contributed by atoms with Crippen molar-refractivity contribution >= 4 is 21.6 Å². The summed E-state index contributed by atoms with van der Waals surface area (Å²) in [6.07, 6.45) is 7.12. The molecule has 2 rings (SSSR count). The van der Waals surface area contributed by atoms with E-state index in [2.05, 4.69) is 10.3 Å². The normalized spacial score (nSPS) is 11.3. The lowest BCUT2D eigenvalue weighted by Gasteiger charge is -2.24. The summed E-state index contributed by atoms with van der Waals surface area (Å²) >= 11 is 0. The molecule has 2 aromatic rings. The van der Waals surface area contributed by atoms with Gasteiger partial charge < -0.3 is 9.88 Å². The molecule has 0 radical (unpaired) electrons. The molecule has 0 fully saturated rings. The number of anilines is 1. The highest BCUT2D eigenvalue weighted by Crippen LogP contribution is 2.23. The first-order valence-corrected chi connectivity index (χ1v) is 9.89. The maximum atomic E-state index is 12.2.